The summed E-state index contributed by atoms with van der Waals surface area (Å²) in [4.78, 5) is 5.12. The summed E-state index contributed by atoms with van der Waals surface area (Å²) in [5.74, 6) is 1.84. The Morgan fingerprint density at radius 2 is 1.00 bits per heavy atom. The monoisotopic (exact) mass is 1150 g/mol. The van der Waals surface area contributed by atoms with E-state index in [2.05, 4.69) is 232 Å². The molecule has 0 bridgehead atoms. The number of imidazole rings is 1. The number of ether oxygens (including phenoxy) is 1. The molecule has 0 saturated heterocycles. The third-order valence-corrected chi connectivity index (χ3v) is 16.1. The number of nitrogens with zero attached hydrogens (tertiary/aromatic N) is 5. The summed E-state index contributed by atoms with van der Waals surface area (Å²) in [7, 11) is 0. The first-order valence-corrected chi connectivity index (χ1v) is 26.2. The molecular weight excluding hydrogens is 1100 g/mol. The van der Waals surface area contributed by atoms with Crippen molar-refractivity contribution in [3.05, 3.63) is 252 Å². The van der Waals surface area contributed by atoms with Crippen molar-refractivity contribution in [1.82, 2.24) is 23.1 Å². The van der Waals surface area contributed by atoms with E-state index in [4.69, 9.17) is 13.8 Å². The van der Waals surface area contributed by atoms with Crippen LogP contribution in [0.3, 0.4) is 0 Å². The molecule has 0 amide bonds. The molecule has 358 valence electrons. The topological polar surface area (TPSA) is 41.3 Å². The van der Waals surface area contributed by atoms with Gasteiger partial charge in [0.15, 0.2) is 0 Å². The Kier molecular flexibility index (Phi) is 9.15. The van der Waals surface area contributed by atoms with E-state index in [1.54, 1.807) is 12.3 Å². The Labute approximate surface area is 447 Å². The average molecular weight is 1150 g/mol. The Morgan fingerprint density at radius 3 is 1.71 bits per heavy atom. The molecule has 0 aliphatic rings. The van der Waals surface area contributed by atoms with E-state index in [-0.39, 0.29) is 5.56 Å². The van der Waals surface area contributed by atoms with Gasteiger partial charge in [-0.15, -0.1) is 0 Å². The molecule has 0 unspecified atom stereocenters. The Morgan fingerprint density at radius 1 is 0.427 bits per heavy atom. The van der Waals surface area contributed by atoms with Gasteiger partial charge in [0.05, 0.1) is 16.6 Å². The Balaban J connectivity index is 0.919. The molecule has 0 atom stereocenters. The quantitative estimate of drug-likeness (QED) is 0.152. The van der Waals surface area contributed by atoms with Crippen LogP contribution in [0.25, 0.3) is 122 Å². The van der Waals surface area contributed by atoms with E-state index in [1.807, 2.05) is 36.4 Å². The zero-order chi connectivity index (χ0) is 52.4. The average Bonchev–Trinajstić information content (AvgIpc) is 3.27. The number of rotatable bonds is 8. The molecule has 7 heteroatoms. The van der Waals surface area contributed by atoms with Gasteiger partial charge >= 0.3 is 301 Å². The summed E-state index contributed by atoms with van der Waals surface area (Å²) in [5.41, 5.74) is 16.4. The van der Waals surface area contributed by atoms with Gasteiger partial charge in [0, 0.05) is 37.4 Å². The molecule has 5 heterocycles. The number of hydrogen-bond acceptors (Lipinski definition) is 2. The van der Waals surface area contributed by atoms with Crippen LogP contribution in [-0.2, 0) is 19.4 Å². The van der Waals surface area contributed by atoms with Crippen LogP contribution in [0.2, 0.25) is 0 Å². The fraction of sp³-hybridized carbons (Fsp3) is 0.0294. The van der Waals surface area contributed by atoms with Crippen molar-refractivity contribution in [2.45, 2.75) is 13.8 Å². The van der Waals surface area contributed by atoms with Crippen molar-refractivity contribution in [3.63, 3.8) is 0 Å². The van der Waals surface area contributed by atoms with E-state index in [1.165, 1.54) is 21.7 Å². The summed E-state index contributed by atoms with van der Waals surface area (Å²) in [5, 5.41) is 6.75. The minimum atomic E-state index is -2.42. The minimum Gasteiger partial charge on any atom is -0.0622 e. The van der Waals surface area contributed by atoms with Crippen LogP contribution >= 0.6 is 0 Å². The molecule has 6 nitrogen and oxygen atoms in total. The van der Waals surface area contributed by atoms with Crippen molar-refractivity contribution >= 4 is 70.9 Å². The number of hydrogen-bond donors (Lipinski definition) is 0. The minimum absolute atomic E-state index is 0.230. The standard InChI is InChI=1S/C68H45N5O.Pt/c1-43-32-33-48(70-42-71(61-31-15-14-30-60(61)70)67-50(45-18-6-3-7-19-45)25-16-26-51(67)46-20-8-4-9-21-46)37-65(43)74-49-34-35-53-56-39-57-55-28-17-27-54-52-24-12-13-29-59(52)73(68(54)55)64(57)40-63(56)72(62(53)38-49)66-36-44(2)58(41-69-66)47-22-10-5-11-23-47;/h3-41H,1-2H3;/i2D3;. The number of aromatic nitrogens is 5. The van der Waals surface area contributed by atoms with Gasteiger partial charge in [-0.05, 0) is 24.0 Å². The fourth-order valence-electron chi connectivity index (χ4n) is 11.7. The van der Waals surface area contributed by atoms with Crippen molar-refractivity contribution in [2.24, 2.45) is 0 Å². The molecule has 0 radical (unpaired) electrons. The third kappa shape index (κ3) is 6.69. The second kappa shape index (κ2) is 17.0. The molecule has 15 rings (SSSR count). The molecule has 0 aliphatic heterocycles. The predicted octanol–water partition coefficient (Wildman–Crippen LogP) is 17.6. The number of aryl methyl sites for hydroxylation is 2. The summed E-state index contributed by atoms with van der Waals surface area (Å²) < 4.78 is 43.8. The molecule has 75 heavy (non-hydrogen) atoms. The van der Waals surface area contributed by atoms with Crippen LogP contribution < -0.4 is 4.74 Å². The summed E-state index contributed by atoms with van der Waals surface area (Å²) in [6, 6.07) is 80.1. The third-order valence-electron chi connectivity index (χ3n) is 15.1. The molecule has 5 aromatic heterocycles. The first-order valence-electron chi connectivity index (χ1n) is 26.6. The predicted molar refractivity (Wildman–Crippen MR) is 305 cm³/mol. The number of benzene rings is 10. The molecule has 0 spiro atoms. The molecule has 15 aromatic rings. The Bertz CT molecular complexity index is 4900. The van der Waals surface area contributed by atoms with Crippen LogP contribution in [-0.4, -0.2) is 23.1 Å². The van der Waals surface area contributed by atoms with Crippen molar-refractivity contribution in [1.29, 1.82) is 0 Å². The van der Waals surface area contributed by atoms with E-state index >= 15 is 0 Å². The zero-order valence-corrected chi connectivity index (χ0v) is 42.7. The second-order valence-corrected chi connectivity index (χ2v) is 20.3. The van der Waals surface area contributed by atoms with Gasteiger partial charge in [-0.1, -0.05) is 66.7 Å². The summed E-state index contributed by atoms with van der Waals surface area (Å²) in [6.07, 6.45) is 1.71. The van der Waals surface area contributed by atoms with E-state index in [0.717, 1.165) is 97.8 Å². The number of fused-ring (bicyclic) bond motifs is 10. The van der Waals surface area contributed by atoms with E-state index in [0.29, 0.717) is 22.9 Å². The van der Waals surface area contributed by atoms with Gasteiger partial charge < -0.3 is 4.40 Å². The van der Waals surface area contributed by atoms with Gasteiger partial charge in [-0.25, -0.2) is 0 Å². The maximum absolute atomic E-state index is 8.83. The second-order valence-electron chi connectivity index (χ2n) is 19.3. The van der Waals surface area contributed by atoms with Crippen LogP contribution in [0.4, 0.5) is 0 Å². The van der Waals surface area contributed by atoms with Crippen LogP contribution in [0, 0.1) is 17.6 Å². The Hall–Kier alpha value is -9.09. The molecule has 0 N–H and O–H groups in total. The van der Waals surface area contributed by atoms with Gasteiger partial charge in [0.1, 0.15) is 0 Å². The van der Waals surface area contributed by atoms with Crippen LogP contribution in [0.15, 0.2) is 237 Å². The van der Waals surface area contributed by atoms with Crippen molar-refractivity contribution < 1.29 is 28.2 Å². The number of pyridine rings is 1. The zero-order valence-electron chi connectivity index (χ0n) is 43.5. The molecule has 0 fully saturated rings. The summed E-state index contributed by atoms with van der Waals surface area (Å²) >= 11 is 2.49. The van der Waals surface area contributed by atoms with Gasteiger partial charge in [0.2, 0.25) is 0 Å². The molecular formula is C68H45N5OPt. The SMILES string of the molecule is [2H]C([2H])([2H])c1cc(-n2c3cc(Oc4cc(-n5[c](=[Pt])n(-c6c(-c7ccccc7)cccc6-c6ccccc6)c6ccccc65)ccc4C)ccc3c3cc4c5cccc6c7ccccc7n(c4cc32)c65)ncc1-c1ccccc1. The number of para-hydroxylation sites is 5. The van der Waals surface area contributed by atoms with Gasteiger partial charge in [-0.3, -0.25) is 0 Å². The molecule has 0 aliphatic carbocycles. The smallest absolute Gasteiger partial charge is 0.0622 e. The first-order chi connectivity index (χ1) is 38.2. The summed E-state index contributed by atoms with van der Waals surface area (Å²) in [6.45, 7) is -0.347. The molecule has 0 saturated carbocycles. The molecule has 10 aromatic carbocycles. The first kappa shape index (κ1) is 40.4. The maximum atomic E-state index is 8.83. The van der Waals surface area contributed by atoms with Crippen LogP contribution in [0.5, 0.6) is 11.5 Å². The van der Waals surface area contributed by atoms with Gasteiger partial charge in [0.25, 0.3) is 0 Å². The van der Waals surface area contributed by atoms with Crippen molar-refractivity contribution in [3.8, 4) is 62.1 Å². The van der Waals surface area contributed by atoms with Crippen molar-refractivity contribution in [2.75, 3.05) is 0 Å². The fourth-order valence-corrected chi connectivity index (χ4v) is 12.8. The van der Waals surface area contributed by atoms with Gasteiger partial charge in [-0.2, -0.15) is 0 Å². The van der Waals surface area contributed by atoms with Crippen LogP contribution in [0.1, 0.15) is 15.2 Å². The normalized spacial score (nSPS) is 12.7. The van der Waals surface area contributed by atoms with E-state index < -0.39 is 6.85 Å². The van der Waals surface area contributed by atoms with E-state index in [9.17, 15) is 0 Å².